The molecule has 1 aromatic carbocycles. The van der Waals surface area contributed by atoms with Gasteiger partial charge in [0.1, 0.15) is 17.2 Å². The number of halogens is 2. The molecule has 2 N–H and O–H groups in total. The van der Waals surface area contributed by atoms with Gasteiger partial charge in [-0.2, -0.15) is 0 Å². The van der Waals surface area contributed by atoms with Gasteiger partial charge in [0.15, 0.2) is 0 Å². The first kappa shape index (κ1) is 11.5. The van der Waals surface area contributed by atoms with Gasteiger partial charge >= 0.3 is 6.03 Å². The minimum Gasteiger partial charge on any atom is -0.335 e. The lowest BCUT2D eigenvalue weighted by atomic mass is 10.2. The van der Waals surface area contributed by atoms with E-state index in [-0.39, 0.29) is 6.04 Å². The summed E-state index contributed by atoms with van der Waals surface area (Å²) >= 11 is 0. The average Bonchev–Trinajstić information content (AvgIpc) is 3.00. The molecule has 0 bridgehead atoms. The molecule has 0 unspecified atom stereocenters. The van der Waals surface area contributed by atoms with E-state index < -0.39 is 29.1 Å². The zero-order valence-corrected chi connectivity index (χ0v) is 8.80. The van der Waals surface area contributed by atoms with Crippen molar-refractivity contribution in [1.29, 1.82) is 0 Å². The molecule has 3 amide bonds. The van der Waals surface area contributed by atoms with Gasteiger partial charge < -0.3 is 5.32 Å². The van der Waals surface area contributed by atoms with Crippen molar-refractivity contribution in [3.63, 3.8) is 0 Å². The second kappa shape index (κ2) is 4.48. The number of hydrogen-bond donors (Lipinski definition) is 2. The second-order valence-electron chi connectivity index (χ2n) is 3.80. The monoisotopic (exact) mass is 240 g/mol. The van der Waals surface area contributed by atoms with Gasteiger partial charge in [0, 0.05) is 6.04 Å². The number of imide groups is 1. The van der Waals surface area contributed by atoms with E-state index in [1.807, 2.05) is 5.32 Å². The van der Waals surface area contributed by atoms with Crippen LogP contribution < -0.4 is 10.6 Å². The molecule has 0 aliphatic heterocycles. The molecule has 1 saturated carbocycles. The molecule has 6 heteroatoms. The van der Waals surface area contributed by atoms with Gasteiger partial charge in [-0.3, -0.25) is 10.1 Å². The molecule has 17 heavy (non-hydrogen) atoms. The lowest BCUT2D eigenvalue weighted by Crippen LogP contribution is -2.41. The summed E-state index contributed by atoms with van der Waals surface area (Å²) in [5.74, 6) is -3.08. The minimum atomic E-state index is -1.08. The number of urea groups is 1. The SMILES string of the molecule is O=C(NC(=O)c1c(F)cccc1F)NC1CC1. The van der Waals surface area contributed by atoms with Crippen molar-refractivity contribution in [3.8, 4) is 0 Å². The molecule has 1 fully saturated rings. The molecule has 1 aliphatic carbocycles. The number of hydrogen-bond acceptors (Lipinski definition) is 2. The Morgan fingerprint density at radius 3 is 2.29 bits per heavy atom. The van der Waals surface area contributed by atoms with E-state index in [0.29, 0.717) is 0 Å². The fraction of sp³-hybridized carbons (Fsp3) is 0.273. The van der Waals surface area contributed by atoms with E-state index in [2.05, 4.69) is 5.32 Å². The van der Waals surface area contributed by atoms with E-state index in [4.69, 9.17) is 0 Å². The highest BCUT2D eigenvalue weighted by Crippen LogP contribution is 2.18. The summed E-state index contributed by atoms with van der Waals surface area (Å²) < 4.78 is 26.4. The van der Waals surface area contributed by atoms with E-state index in [0.717, 1.165) is 31.0 Å². The number of carbonyl (C=O) groups excluding carboxylic acids is 2. The maximum absolute atomic E-state index is 13.2. The third-order valence-corrected chi connectivity index (χ3v) is 2.33. The zero-order chi connectivity index (χ0) is 12.4. The largest absolute Gasteiger partial charge is 0.335 e. The first-order valence-corrected chi connectivity index (χ1v) is 5.14. The molecule has 0 aromatic heterocycles. The second-order valence-corrected chi connectivity index (χ2v) is 3.80. The van der Waals surface area contributed by atoms with Crippen molar-refractivity contribution in [2.45, 2.75) is 18.9 Å². The van der Waals surface area contributed by atoms with Crippen LogP contribution in [0.15, 0.2) is 18.2 Å². The summed E-state index contributed by atoms with van der Waals surface area (Å²) in [5.41, 5.74) is -0.751. The van der Waals surface area contributed by atoms with Crippen LogP contribution in [0.3, 0.4) is 0 Å². The molecular weight excluding hydrogens is 230 g/mol. The third kappa shape index (κ3) is 2.77. The van der Waals surface area contributed by atoms with Crippen molar-refractivity contribution < 1.29 is 18.4 Å². The van der Waals surface area contributed by atoms with E-state index in [1.165, 1.54) is 0 Å². The van der Waals surface area contributed by atoms with Crippen molar-refractivity contribution in [2.75, 3.05) is 0 Å². The summed E-state index contributed by atoms with van der Waals surface area (Å²) in [6.07, 6.45) is 1.71. The summed E-state index contributed by atoms with van der Waals surface area (Å²) in [7, 11) is 0. The van der Waals surface area contributed by atoms with Crippen LogP contribution in [-0.4, -0.2) is 18.0 Å². The van der Waals surface area contributed by atoms with Crippen molar-refractivity contribution >= 4 is 11.9 Å². The molecule has 1 aromatic rings. The summed E-state index contributed by atoms with van der Waals surface area (Å²) in [6.45, 7) is 0. The van der Waals surface area contributed by atoms with Gasteiger partial charge in [-0.05, 0) is 25.0 Å². The van der Waals surface area contributed by atoms with Crippen LogP contribution in [0.4, 0.5) is 13.6 Å². The van der Waals surface area contributed by atoms with Gasteiger partial charge in [-0.25, -0.2) is 13.6 Å². The highest BCUT2D eigenvalue weighted by atomic mass is 19.1. The maximum Gasteiger partial charge on any atom is 0.321 e. The van der Waals surface area contributed by atoms with Crippen molar-refractivity contribution in [2.24, 2.45) is 0 Å². The highest BCUT2D eigenvalue weighted by Gasteiger charge is 2.25. The number of amides is 3. The number of carbonyl (C=O) groups is 2. The Labute approximate surface area is 96.0 Å². The fourth-order valence-electron chi connectivity index (χ4n) is 1.33. The molecule has 4 nitrogen and oxygen atoms in total. The molecule has 0 spiro atoms. The molecule has 0 saturated heterocycles. The molecule has 90 valence electrons. The lowest BCUT2D eigenvalue weighted by molar-refractivity contribution is 0.0956. The van der Waals surface area contributed by atoms with Gasteiger partial charge in [-0.1, -0.05) is 6.07 Å². The molecular formula is C11H10F2N2O2. The number of nitrogens with one attached hydrogen (secondary N) is 2. The Morgan fingerprint density at radius 1 is 1.18 bits per heavy atom. The predicted molar refractivity (Wildman–Crippen MR) is 55.4 cm³/mol. The van der Waals surface area contributed by atoms with Crippen LogP contribution in [0, 0.1) is 11.6 Å². The fourth-order valence-corrected chi connectivity index (χ4v) is 1.33. The summed E-state index contributed by atoms with van der Waals surface area (Å²) in [4.78, 5) is 22.7. The van der Waals surface area contributed by atoms with Crippen LogP contribution in [0.1, 0.15) is 23.2 Å². The maximum atomic E-state index is 13.2. The highest BCUT2D eigenvalue weighted by molar-refractivity contribution is 6.04. The quantitative estimate of drug-likeness (QED) is 0.824. The summed E-state index contributed by atoms with van der Waals surface area (Å²) in [5, 5.41) is 4.36. The van der Waals surface area contributed by atoms with Crippen LogP contribution in [0.5, 0.6) is 0 Å². The first-order valence-electron chi connectivity index (χ1n) is 5.14. The Hall–Kier alpha value is -1.98. The molecule has 1 aliphatic rings. The average molecular weight is 240 g/mol. The van der Waals surface area contributed by atoms with Crippen LogP contribution in [0.25, 0.3) is 0 Å². The Kier molecular flexibility index (Phi) is 3.03. The predicted octanol–water partition coefficient (Wildman–Crippen LogP) is 1.57. The zero-order valence-electron chi connectivity index (χ0n) is 8.80. The van der Waals surface area contributed by atoms with Crippen LogP contribution in [-0.2, 0) is 0 Å². The van der Waals surface area contributed by atoms with E-state index in [9.17, 15) is 18.4 Å². The molecule has 0 atom stereocenters. The normalized spacial score (nSPS) is 14.2. The number of benzene rings is 1. The van der Waals surface area contributed by atoms with Gasteiger partial charge in [-0.15, -0.1) is 0 Å². The van der Waals surface area contributed by atoms with Crippen molar-refractivity contribution in [3.05, 3.63) is 35.4 Å². The number of rotatable bonds is 2. The lowest BCUT2D eigenvalue weighted by Gasteiger charge is -2.06. The Bertz CT molecular complexity index is 452. The Balaban J connectivity index is 2.05. The Morgan fingerprint density at radius 2 is 1.76 bits per heavy atom. The van der Waals surface area contributed by atoms with E-state index >= 15 is 0 Å². The molecule has 0 heterocycles. The summed E-state index contributed by atoms with van der Waals surface area (Å²) in [6, 6.07) is 2.38. The third-order valence-electron chi connectivity index (χ3n) is 2.33. The standard InChI is InChI=1S/C11H10F2N2O2/c12-7-2-1-3-8(13)9(7)10(16)15-11(17)14-6-4-5-6/h1-3,6H,4-5H2,(H2,14,15,16,17). The van der Waals surface area contributed by atoms with Gasteiger partial charge in [0.25, 0.3) is 5.91 Å². The topological polar surface area (TPSA) is 58.2 Å². The van der Waals surface area contributed by atoms with Gasteiger partial charge in [0.2, 0.25) is 0 Å². The minimum absolute atomic E-state index is 0.0632. The van der Waals surface area contributed by atoms with Crippen LogP contribution >= 0.6 is 0 Å². The van der Waals surface area contributed by atoms with Crippen LogP contribution in [0.2, 0.25) is 0 Å². The van der Waals surface area contributed by atoms with E-state index in [1.54, 1.807) is 0 Å². The molecule has 2 rings (SSSR count). The smallest absolute Gasteiger partial charge is 0.321 e. The molecule has 0 radical (unpaired) electrons. The first-order chi connectivity index (χ1) is 8.08. The van der Waals surface area contributed by atoms with Gasteiger partial charge in [0.05, 0.1) is 0 Å². The van der Waals surface area contributed by atoms with Crippen molar-refractivity contribution in [1.82, 2.24) is 10.6 Å².